The average molecular weight is 309 g/mol. The molecule has 0 heterocycles. The van der Waals surface area contributed by atoms with Gasteiger partial charge in [0, 0.05) is 12.1 Å². The number of hydrogen-bond acceptors (Lipinski definition) is 3. The Morgan fingerprint density at radius 1 is 1.29 bits per heavy atom. The maximum atomic E-state index is 12.4. The molecule has 0 aliphatic rings. The van der Waals surface area contributed by atoms with E-state index in [0.29, 0.717) is 18.0 Å². The van der Waals surface area contributed by atoms with E-state index in [4.69, 9.17) is 5.11 Å². The normalized spacial score (nSPS) is 12.9. The Kier molecular flexibility index (Phi) is 6.41. The number of nitrogens with one attached hydrogen (secondary N) is 1. The van der Waals surface area contributed by atoms with Gasteiger partial charge in [0.25, 0.3) is 0 Å². The molecule has 0 radical (unpaired) electrons. The molecule has 1 atom stereocenters. The summed E-state index contributed by atoms with van der Waals surface area (Å²) < 4.78 is 27.5. The fraction of sp³-hybridized carbons (Fsp3) is 0.500. The first kappa shape index (κ1) is 17.7. The molecule has 1 aromatic carbocycles. The fourth-order valence-corrected chi connectivity index (χ4v) is 2.95. The topological polar surface area (TPSA) is 66.4 Å². The van der Waals surface area contributed by atoms with Crippen LogP contribution >= 0.6 is 0 Å². The quantitative estimate of drug-likeness (QED) is 0.817. The van der Waals surface area contributed by atoms with Crippen molar-refractivity contribution >= 4 is 10.0 Å². The van der Waals surface area contributed by atoms with Crippen molar-refractivity contribution in [1.29, 1.82) is 0 Å². The van der Waals surface area contributed by atoms with Gasteiger partial charge in [-0.2, -0.15) is 0 Å². The monoisotopic (exact) mass is 309 g/mol. The van der Waals surface area contributed by atoms with Crippen molar-refractivity contribution in [3.05, 3.63) is 29.3 Å². The molecule has 0 saturated heterocycles. The molecule has 1 aromatic rings. The van der Waals surface area contributed by atoms with E-state index in [1.165, 1.54) is 0 Å². The lowest BCUT2D eigenvalue weighted by molar-refractivity contribution is 0.350. The molecular formula is C16H23NO3S. The second-order valence-electron chi connectivity index (χ2n) is 5.53. The summed E-state index contributed by atoms with van der Waals surface area (Å²) in [5.74, 6) is 5.85. The molecule has 0 aliphatic carbocycles. The van der Waals surface area contributed by atoms with Gasteiger partial charge in [0.05, 0.1) is 4.90 Å². The third-order valence-electron chi connectivity index (χ3n) is 3.46. The number of benzene rings is 1. The third kappa shape index (κ3) is 5.16. The number of rotatable bonds is 5. The van der Waals surface area contributed by atoms with Crippen molar-refractivity contribution in [2.75, 3.05) is 13.2 Å². The lowest BCUT2D eigenvalue weighted by atomic mass is 9.99. The van der Waals surface area contributed by atoms with E-state index in [1.807, 2.05) is 13.8 Å². The van der Waals surface area contributed by atoms with Crippen molar-refractivity contribution in [1.82, 2.24) is 4.72 Å². The van der Waals surface area contributed by atoms with Gasteiger partial charge in [-0.1, -0.05) is 38.7 Å². The van der Waals surface area contributed by atoms with E-state index in [9.17, 15) is 8.42 Å². The molecule has 4 nitrogen and oxygen atoms in total. The molecule has 1 rings (SSSR count). The molecule has 0 bridgehead atoms. The molecule has 0 fully saturated rings. The van der Waals surface area contributed by atoms with E-state index in [-0.39, 0.29) is 17.4 Å². The van der Waals surface area contributed by atoms with Crippen molar-refractivity contribution in [3.8, 4) is 11.8 Å². The summed E-state index contributed by atoms with van der Waals surface area (Å²) in [6.45, 7) is 8.08. The zero-order chi connectivity index (χ0) is 16.0. The maximum absolute atomic E-state index is 12.4. The Labute approximate surface area is 127 Å². The van der Waals surface area contributed by atoms with Crippen LogP contribution in [-0.2, 0) is 10.0 Å². The van der Waals surface area contributed by atoms with Gasteiger partial charge in [-0.15, -0.1) is 0 Å². The second-order valence-corrected chi connectivity index (χ2v) is 7.27. The molecule has 0 spiro atoms. The van der Waals surface area contributed by atoms with Gasteiger partial charge in [0.15, 0.2) is 0 Å². The van der Waals surface area contributed by atoms with Crippen molar-refractivity contribution in [2.24, 2.45) is 11.8 Å². The first-order valence-electron chi connectivity index (χ1n) is 6.98. The largest absolute Gasteiger partial charge is 0.384 e. The fourth-order valence-electron chi connectivity index (χ4n) is 1.67. The Morgan fingerprint density at radius 3 is 2.52 bits per heavy atom. The number of aliphatic hydroxyl groups excluding tert-OH is 1. The van der Waals surface area contributed by atoms with Crippen LogP contribution in [0.5, 0.6) is 0 Å². The molecule has 21 heavy (non-hydrogen) atoms. The van der Waals surface area contributed by atoms with E-state index in [2.05, 4.69) is 30.4 Å². The van der Waals surface area contributed by atoms with Crippen LogP contribution in [0.25, 0.3) is 0 Å². The summed E-state index contributed by atoms with van der Waals surface area (Å²) in [5.41, 5.74) is 1.33. The first-order chi connectivity index (χ1) is 9.77. The van der Waals surface area contributed by atoms with Crippen LogP contribution in [0.3, 0.4) is 0 Å². The highest BCUT2D eigenvalue weighted by atomic mass is 32.2. The number of aryl methyl sites for hydroxylation is 1. The molecule has 0 aliphatic heterocycles. The third-order valence-corrected chi connectivity index (χ3v) is 4.94. The van der Waals surface area contributed by atoms with Gasteiger partial charge in [0.2, 0.25) is 10.0 Å². The minimum absolute atomic E-state index is 0.157. The van der Waals surface area contributed by atoms with Crippen LogP contribution in [0.15, 0.2) is 23.1 Å². The molecule has 2 N–H and O–H groups in total. The Hall–Kier alpha value is -1.35. The molecule has 0 saturated carbocycles. The van der Waals surface area contributed by atoms with Gasteiger partial charge in [-0.3, -0.25) is 0 Å². The van der Waals surface area contributed by atoms with Crippen molar-refractivity contribution < 1.29 is 13.5 Å². The van der Waals surface area contributed by atoms with Crippen LogP contribution in [0.2, 0.25) is 0 Å². The maximum Gasteiger partial charge on any atom is 0.241 e. The van der Waals surface area contributed by atoms with Gasteiger partial charge in [-0.05, 0) is 36.5 Å². The van der Waals surface area contributed by atoms with Gasteiger partial charge in [0.1, 0.15) is 6.61 Å². The summed E-state index contributed by atoms with van der Waals surface area (Å²) in [4.78, 5) is 0.157. The van der Waals surface area contributed by atoms with Gasteiger partial charge in [-0.25, -0.2) is 13.1 Å². The van der Waals surface area contributed by atoms with Gasteiger partial charge < -0.3 is 5.11 Å². The summed E-state index contributed by atoms with van der Waals surface area (Å²) in [5, 5.41) is 8.79. The highest BCUT2D eigenvalue weighted by molar-refractivity contribution is 7.89. The molecule has 1 unspecified atom stereocenters. The SMILES string of the molecule is Cc1ccc(S(=O)(=O)NCC(C)C(C)C)c(C#CCO)c1. The lowest BCUT2D eigenvalue weighted by Gasteiger charge is -2.16. The molecule has 116 valence electrons. The van der Waals surface area contributed by atoms with Crippen LogP contribution in [-0.4, -0.2) is 26.7 Å². The van der Waals surface area contributed by atoms with Crippen LogP contribution in [0, 0.1) is 30.6 Å². The van der Waals surface area contributed by atoms with E-state index in [1.54, 1.807) is 18.2 Å². The zero-order valence-electron chi connectivity index (χ0n) is 13.0. The standard InChI is InChI=1S/C16H23NO3S/c1-12(2)14(4)11-17-21(19,20)16-8-7-13(3)10-15(16)6-5-9-18/h7-8,10,12,14,17-18H,9,11H2,1-4H3. The predicted octanol–water partition coefficient (Wildman–Crippen LogP) is 1.91. The molecule has 0 amide bonds. The number of sulfonamides is 1. The summed E-state index contributed by atoms with van der Waals surface area (Å²) in [6, 6.07) is 5.01. The van der Waals surface area contributed by atoms with E-state index >= 15 is 0 Å². The zero-order valence-corrected chi connectivity index (χ0v) is 13.8. The van der Waals surface area contributed by atoms with Crippen LogP contribution in [0.4, 0.5) is 0 Å². The summed E-state index contributed by atoms with van der Waals surface area (Å²) >= 11 is 0. The minimum Gasteiger partial charge on any atom is -0.384 e. The number of hydrogen-bond donors (Lipinski definition) is 2. The second kappa shape index (κ2) is 7.60. The Bertz CT molecular complexity index is 639. The Balaban J connectivity index is 3.08. The first-order valence-corrected chi connectivity index (χ1v) is 8.46. The average Bonchev–Trinajstić information content (AvgIpc) is 2.42. The van der Waals surface area contributed by atoms with E-state index < -0.39 is 10.0 Å². The van der Waals surface area contributed by atoms with Crippen LogP contribution < -0.4 is 4.72 Å². The predicted molar refractivity (Wildman–Crippen MR) is 84.3 cm³/mol. The molecule has 0 aromatic heterocycles. The van der Waals surface area contributed by atoms with Crippen molar-refractivity contribution in [2.45, 2.75) is 32.6 Å². The molecule has 5 heteroatoms. The van der Waals surface area contributed by atoms with E-state index in [0.717, 1.165) is 5.56 Å². The highest BCUT2D eigenvalue weighted by Crippen LogP contribution is 2.17. The van der Waals surface area contributed by atoms with Gasteiger partial charge >= 0.3 is 0 Å². The smallest absolute Gasteiger partial charge is 0.241 e. The summed E-state index contributed by atoms with van der Waals surface area (Å²) in [7, 11) is -3.60. The summed E-state index contributed by atoms with van der Waals surface area (Å²) in [6.07, 6.45) is 0. The van der Waals surface area contributed by atoms with Crippen molar-refractivity contribution in [3.63, 3.8) is 0 Å². The number of aliphatic hydroxyl groups is 1. The van der Waals surface area contributed by atoms with Crippen LogP contribution in [0.1, 0.15) is 31.9 Å². The highest BCUT2D eigenvalue weighted by Gasteiger charge is 2.19. The molecular weight excluding hydrogens is 286 g/mol. The lowest BCUT2D eigenvalue weighted by Crippen LogP contribution is -2.30. The Morgan fingerprint density at radius 2 is 1.95 bits per heavy atom. The minimum atomic E-state index is -3.60.